The number of rotatable bonds is 0. The van der Waals surface area contributed by atoms with Gasteiger partial charge in [-0.05, 0) is 25.0 Å². The number of hydrogen-bond donors (Lipinski definition) is 2. The molecule has 0 aromatic heterocycles. The van der Waals surface area contributed by atoms with Gasteiger partial charge in [0.2, 0.25) is 5.91 Å². The Morgan fingerprint density at radius 2 is 2.00 bits per heavy atom. The monoisotopic (exact) mass is 236 g/mol. The van der Waals surface area contributed by atoms with E-state index in [4.69, 9.17) is 11.6 Å². The van der Waals surface area contributed by atoms with Crippen LogP contribution in [0.1, 0.15) is 25.7 Å². The topological polar surface area (TPSA) is 41.1 Å². The lowest BCUT2D eigenvalue weighted by molar-refractivity contribution is -0.120. The van der Waals surface area contributed by atoms with Gasteiger partial charge in [-0.3, -0.25) is 4.79 Å². The Morgan fingerprint density at radius 1 is 1.25 bits per heavy atom. The maximum absolute atomic E-state index is 12.1. The second-order valence-electron chi connectivity index (χ2n) is 4.53. The third-order valence-electron chi connectivity index (χ3n) is 3.52. The zero-order chi connectivity index (χ0) is 11.2. The molecule has 0 atom stereocenters. The molecule has 1 aromatic rings. The first-order valence-corrected chi connectivity index (χ1v) is 5.97. The zero-order valence-corrected chi connectivity index (χ0v) is 9.60. The van der Waals surface area contributed by atoms with Crippen molar-refractivity contribution < 1.29 is 4.79 Å². The van der Waals surface area contributed by atoms with Gasteiger partial charge < -0.3 is 10.6 Å². The van der Waals surface area contributed by atoms with Crippen molar-refractivity contribution in [2.24, 2.45) is 0 Å². The summed E-state index contributed by atoms with van der Waals surface area (Å²) in [6.45, 7) is 0. The number of hydrogen-bond acceptors (Lipinski definition) is 2. The Kier molecular flexibility index (Phi) is 2.11. The van der Waals surface area contributed by atoms with Crippen LogP contribution in [-0.4, -0.2) is 11.4 Å². The van der Waals surface area contributed by atoms with Crippen molar-refractivity contribution in [3.63, 3.8) is 0 Å². The lowest BCUT2D eigenvalue weighted by Crippen LogP contribution is -2.50. The number of para-hydroxylation sites is 1. The minimum atomic E-state index is -0.391. The Labute approximate surface area is 99.2 Å². The molecular formula is C12H13ClN2O. The van der Waals surface area contributed by atoms with E-state index < -0.39 is 5.54 Å². The summed E-state index contributed by atoms with van der Waals surface area (Å²) in [6, 6.07) is 5.64. The molecule has 1 aliphatic heterocycles. The van der Waals surface area contributed by atoms with Crippen molar-refractivity contribution in [3.8, 4) is 0 Å². The van der Waals surface area contributed by atoms with Gasteiger partial charge in [-0.15, -0.1) is 0 Å². The van der Waals surface area contributed by atoms with Crippen molar-refractivity contribution in [2.45, 2.75) is 31.2 Å². The second-order valence-corrected chi connectivity index (χ2v) is 4.94. The number of amides is 1. The second kappa shape index (κ2) is 3.39. The maximum Gasteiger partial charge on any atom is 0.250 e. The van der Waals surface area contributed by atoms with Crippen LogP contribution in [0.3, 0.4) is 0 Å². The minimum Gasteiger partial charge on any atom is -0.369 e. The SMILES string of the molecule is O=C1Nc2c(Cl)cccc2NC12CCCC2. The van der Waals surface area contributed by atoms with Crippen LogP contribution in [0, 0.1) is 0 Å². The molecule has 1 aliphatic carbocycles. The van der Waals surface area contributed by atoms with E-state index in [1.807, 2.05) is 12.1 Å². The number of carbonyl (C=O) groups excluding carboxylic acids is 1. The molecule has 3 nitrogen and oxygen atoms in total. The number of halogens is 1. The van der Waals surface area contributed by atoms with Crippen molar-refractivity contribution >= 4 is 28.9 Å². The molecular weight excluding hydrogens is 224 g/mol. The van der Waals surface area contributed by atoms with E-state index in [9.17, 15) is 4.79 Å². The fourth-order valence-corrected chi connectivity index (χ4v) is 2.86. The lowest BCUT2D eigenvalue weighted by Gasteiger charge is -2.35. The molecule has 1 aromatic carbocycles. The summed E-state index contributed by atoms with van der Waals surface area (Å²) in [5.41, 5.74) is 1.26. The summed E-state index contributed by atoms with van der Waals surface area (Å²) < 4.78 is 0. The smallest absolute Gasteiger partial charge is 0.250 e. The largest absolute Gasteiger partial charge is 0.369 e. The van der Waals surface area contributed by atoms with Crippen molar-refractivity contribution in [2.75, 3.05) is 10.6 Å². The quantitative estimate of drug-likeness (QED) is 0.727. The van der Waals surface area contributed by atoms with E-state index in [1.54, 1.807) is 6.07 Å². The molecule has 3 rings (SSSR count). The highest BCUT2D eigenvalue weighted by atomic mass is 35.5. The van der Waals surface area contributed by atoms with Crippen LogP contribution < -0.4 is 10.6 Å². The van der Waals surface area contributed by atoms with Gasteiger partial charge in [-0.2, -0.15) is 0 Å². The van der Waals surface area contributed by atoms with E-state index in [0.29, 0.717) is 10.7 Å². The minimum absolute atomic E-state index is 0.0607. The fraction of sp³-hybridized carbons (Fsp3) is 0.417. The van der Waals surface area contributed by atoms with Crippen LogP contribution in [-0.2, 0) is 4.79 Å². The van der Waals surface area contributed by atoms with Crippen molar-refractivity contribution in [3.05, 3.63) is 23.2 Å². The van der Waals surface area contributed by atoms with Crippen LogP contribution in [0.15, 0.2) is 18.2 Å². The standard InChI is InChI=1S/C12H13ClN2O/c13-8-4-3-5-9-10(8)14-11(16)12(15-9)6-1-2-7-12/h3-5,15H,1-2,6-7H2,(H,14,16). The van der Waals surface area contributed by atoms with Crippen molar-refractivity contribution in [1.29, 1.82) is 0 Å². The summed E-state index contributed by atoms with van der Waals surface area (Å²) in [5.74, 6) is 0.0607. The summed E-state index contributed by atoms with van der Waals surface area (Å²) >= 11 is 6.05. The van der Waals surface area contributed by atoms with Gasteiger partial charge in [0.15, 0.2) is 0 Å². The molecule has 1 amide bonds. The third kappa shape index (κ3) is 1.31. The van der Waals surface area contributed by atoms with Crippen molar-refractivity contribution in [1.82, 2.24) is 0 Å². The molecule has 0 radical (unpaired) electrons. The number of benzene rings is 1. The highest BCUT2D eigenvalue weighted by Gasteiger charge is 2.44. The van der Waals surface area contributed by atoms with Crippen LogP contribution in [0.25, 0.3) is 0 Å². The van der Waals surface area contributed by atoms with Crippen LogP contribution >= 0.6 is 11.6 Å². The fourth-order valence-electron chi connectivity index (χ4n) is 2.63. The molecule has 1 spiro atoms. The third-order valence-corrected chi connectivity index (χ3v) is 3.83. The molecule has 84 valence electrons. The first kappa shape index (κ1) is 9.97. The molecule has 1 fully saturated rings. The van der Waals surface area contributed by atoms with Crippen LogP contribution in [0.5, 0.6) is 0 Å². The Bertz CT molecular complexity index is 452. The van der Waals surface area contributed by atoms with Gasteiger partial charge in [0.25, 0.3) is 0 Å². The van der Waals surface area contributed by atoms with E-state index in [2.05, 4.69) is 10.6 Å². The molecule has 1 heterocycles. The predicted molar refractivity (Wildman–Crippen MR) is 64.9 cm³/mol. The first-order valence-electron chi connectivity index (χ1n) is 5.59. The summed E-state index contributed by atoms with van der Waals surface area (Å²) in [4.78, 5) is 12.1. The van der Waals surface area contributed by atoms with Crippen LogP contribution in [0.4, 0.5) is 11.4 Å². The lowest BCUT2D eigenvalue weighted by atomic mass is 9.93. The molecule has 16 heavy (non-hydrogen) atoms. The van der Waals surface area contributed by atoms with Gasteiger partial charge >= 0.3 is 0 Å². The maximum atomic E-state index is 12.1. The zero-order valence-electron chi connectivity index (χ0n) is 8.85. The highest BCUT2D eigenvalue weighted by Crippen LogP contribution is 2.42. The molecule has 2 N–H and O–H groups in total. The number of anilines is 2. The van der Waals surface area contributed by atoms with Gasteiger partial charge in [-0.25, -0.2) is 0 Å². The average Bonchev–Trinajstić information content (AvgIpc) is 2.71. The van der Waals surface area contributed by atoms with Gasteiger partial charge in [0.05, 0.1) is 16.4 Å². The molecule has 4 heteroatoms. The van der Waals surface area contributed by atoms with E-state index in [-0.39, 0.29) is 5.91 Å². The average molecular weight is 237 g/mol. The predicted octanol–water partition coefficient (Wildman–Crippen LogP) is 3.02. The molecule has 1 saturated carbocycles. The number of nitrogens with one attached hydrogen (secondary N) is 2. The van der Waals surface area contributed by atoms with Gasteiger partial charge in [0, 0.05) is 0 Å². The molecule has 0 bridgehead atoms. The Balaban J connectivity index is 2.05. The normalized spacial score (nSPS) is 21.4. The van der Waals surface area contributed by atoms with E-state index in [0.717, 1.165) is 31.4 Å². The molecule has 0 saturated heterocycles. The van der Waals surface area contributed by atoms with Gasteiger partial charge in [0.1, 0.15) is 5.54 Å². The molecule has 2 aliphatic rings. The van der Waals surface area contributed by atoms with Gasteiger partial charge in [-0.1, -0.05) is 30.5 Å². The van der Waals surface area contributed by atoms with Crippen LogP contribution in [0.2, 0.25) is 5.02 Å². The highest BCUT2D eigenvalue weighted by molar-refractivity contribution is 6.35. The number of carbonyl (C=O) groups is 1. The van der Waals surface area contributed by atoms with E-state index >= 15 is 0 Å². The Morgan fingerprint density at radius 3 is 2.75 bits per heavy atom. The summed E-state index contributed by atoms with van der Waals surface area (Å²) in [7, 11) is 0. The summed E-state index contributed by atoms with van der Waals surface area (Å²) in [6.07, 6.45) is 4.03. The molecule has 0 unspecified atom stereocenters. The first-order chi connectivity index (χ1) is 7.71. The summed E-state index contributed by atoms with van der Waals surface area (Å²) in [5, 5.41) is 6.88. The number of fused-ring (bicyclic) bond motifs is 1. The van der Waals surface area contributed by atoms with E-state index in [1.165, 1.54) is 0 Å². The Hall–Kier alpha value is -1.22.